The van der Waals surface area contributed by atoms with Crippen LogP contribution in [0.2, 0.25) is 5.02 Å². The molecule has 0 saturated heterocycles. The predicted octanol–water partition coefficient (Wildman–Crippen LogP) is 5.61. The summed E-state index contributed by atoms with van der Waals surface area (Å²) in [6.07, 6.45) is -4.51. The third kappa shape index (κ3) is 4.66. The van der Waals surface area contributed by atoms with Crippen molar-refractivity contribution in [2.75, 3.05) is 6.61 Å². The highest BCUT2D eigenvalue weighted by molar-refractivity contribution is 6.33. The monoisotopic (exact) mass is 473 g/mol. The van der Waals surface area contributed by atoms with Gasteiger partial charge in [-0.15, -0.1) is 0 Å². The second-order valence-electron chi connectivity index (χ2n) is 6.93. The van der Waals surface area contributed by atoms with Crippen molar-refractivity contribution in [3.8, 4) is 22.4 Å². The first kappa shape index (κ1) is 23.8. The lowest BCUT2D eigenvalue weighted by molar-refractivity contribution is -0.144. The van der Waals surface area contributed by atoms with E-state index in [0.29, 0.717) is 4.68 Å². The zero-order valence-electron chi connectivity index (χ0n) is 17.2. The van der Waals surface area contributed by atoms with Crippen LogP contribution in [-0.2, 0) is 17.5 Å². The van der Waals surface area contributed by atoms with Gasteiger partial charge >= 0.3 is 12.3 Å². The number of rotatable bonds is 6. The van der Waals surface area contributed by atoms with Crippen molar-refractivity contribution in [1.29, 1.82) is 0 Å². The quantitative estimate of drug-likeness (QED) is 0.473. The minimum atomic E-state index is -4.85. The van der Waals surface area contributed by atoms with Gasteiger partial charge in [0.15, 0.2) is 5.69 Å². The van der Waals surface area contributed by atoms with Crippen LogP contribution in [0.1, 0.15) is 26.0 Å². The van der Waals surface area contributed by atoms with Gasteiger partial charge in [0, 0.05) is 22.9 Å². The zero-order valence-corrected chi connectivity index (χ0v) is 17.9. The Labute approximate surface area is 186 Å². The van der Waals surface area contributed by atoms with E-state index in [1.54, 1.807) is 13.8 Å². The van der Waals surface area contributed by atoms with Crippen LogP contribution in [0.15, 0.2) is 36.7 Å². The molecule has 0 aliphatic rings. The highest BCUT2D eigenvalue weighted by Crippen LogP contribution is 2.40. The van der Waals surface area contributed by atoms with Crippen LogP contribution in [0.4, 0.5) is 22.4 Å². The van der Waals surface area contributed by atoms with Gasteiger partial charge in [0.25, 0.3) is 0 Å². The number of aliphatic hydroxyl groups is 1. The fraction of sp³-hybridized carbons (Fsp3) is 0.333. The highest BCUT2D eigenvalue weighted by atomic mass is 35.5. The van der Waals surface area contributed by atoms with Gasteiger partial charge in [-0.25, -0.2) is 9.18 Å². The van der Waals surface area contributed by atoms with E-state index < -0.39 is 42.0 Å². The number of hydrogen-bond donors (Lipinski definition) is 1. The molecular weight excluding hydrogens is 454 g/mol. The smallest absolute Gasteiger partial charge is 0.433 e. The maximum absolute atomic E-state index is 14.4. The summed E-state index contributed by atoms with van der Waals surface area (Å²) in [5.41, 5.74) is -1.76. The van der Waals surface area contributed by atoms with Crippen molar-refractivity contribution in [1.82, 2.24) is 14.3 Å². The topological polar surface area (TPSA) is 69.3 Å². The Morgan fingerprint density at radius 3 is 2.62 bits per heavy atom. The van der Waals surface area contributed by atoms with E-state index in [9.17, 15) is 27.5 Å². The highest BCUT2D eigenvalue weighted by Gasteiger charge is 2.40. The summed E-state index contributed by atoms with van der Waals surface area (Å²) in [6.45, 7) is 2.75. The molecule has 1 unspecified atom stereocenters. The Balaban J connectivity index is 2.25. The number of halogens is 5. The van der Waals surface area contributed by atoms with Crippen molar-refractivity contribution >= 4 is 17.7 Å². The normalized spacial score (nSPS) is 12.8. The van der Waals surface area contributed by atoms with E-state index in [4.69, 9.17) is 16.3 Å². The molecule has 0 aliphatic carbocycles. The molecule has 1 N–H and O–H groups in total. The van der Waals surface area contributed by atoms with Crippen molar-refractivity contribution in [3.63, 3.8) is 0 Å². The van der Waals surface area contributed by atoms with Gasteiger partial charge in [0.2, 0.25) is 0 Å². The molecule has 0 fully saturated rings. The molecule has 2 heterocycles. The number of alkyl halides is 3. The number of carbonyl (C=O) groups is 1. The van der Waals surface area contributed by atoms with Crippen LogP contribution in [0.25, 0.3) is 22.4 Å². The molecule has 1 atom stereocenters. The molecular formula is C21H20ClF4N3O3. The lowest BCUT2D eigenvalue weighted by Gasteiger charge is -2.15. The van der Waals surface area contributed by atoms with Crippen LogP contribution in [0.3, 0.4) is 0 Å². The van der Waals surface area contributed by atoms with E-state index in [1.165, 1.54) is 18.2 Å². The Bertz CT molecular complexity index is 1100. The Kier molecular flexibility index (Phi) is 6.94. The summed E-state index contributed by atoms with van der Waals surface area (Å²) >= 11 is 6.10. The largest absolute Gasteiger partial charge is 0.449 e. The number of aromatic nitrogens is 3. The van der Waals surface area contributed by atoms with Gasteiger partial charge in [0.05, 0.1) is 36.2 Å². The van der Waals surface area contributed by atoms with E-state index in [0.717, 1.165) is 23.0 Å². The summed E-state index contributed by atoms with van der Waals surface area (Å²) in [5, 5.41) is 13.6. The summed E-state index contributed by atoms with van der Waals surface area (Å²) < 4.78 is 62.8. The fourth-order valence-corrected chi connectivity index (χ4v) is 3.54. The van der Waals surface area contributed by atoms with Crippen molar-refractivity contribution in [3.05, 3.63) is 53.2 Å². The van der Waals surface area contributed by atoms with Gasteiger partial charge < -0.3 is 9.84 Å². The third-order valence-corrected chi connectivity index (χ3v) is 5.09. The van der Waals surface area contributed by atoms with Gasteiger partial charge in [-0.2, -0.15) is 18.3 Å². The summed E-state index contributed by atoms with van der Waals surface area (Å²) in [4.78, 5) is 12.5. The van der Waals surface area contributed by atoms with Crippen molar-refractivity contribution < 1.29 is 32.2 Å². The third-order valence-electron chi connectivity index (χ3n) is 4.77. The number of aliphatic hydroxyl groups excluding tert-OH is 1. The van der Waals surface area contributed by atoms with Crippen LogP contribution >= 0.6 is 11.6 Å². The first-order valence-electron chi connectivity index (χ1n) is 9.73. The van der Waals surface area contributed by atoms with E-state index >= 15 is 0 Å². The molecule has 0 saturated carbocycles. The lowest BCUT2D eigenvalue weighted by atomic mass is 10.1. The Morgan fingerprint density at radius 2 is 2.03 bits per heavy atom. The lowest BCUT2D eigenvalue weighted by Crippen LogP contribution is -2.22. The number of carbonyl (C=O) groups excluding carboxylic acids is 1. The molecule has 0 amide bonds. The molecule has 3 rings (SSSR count). The fourth-order valence-electron chi connectivity index (χ4n) is 3.26. The standard InChI is InChI=1S/C21H20ClF4N3O3/c1-3-13(30)11-29-19(21(24,25)26)14(9-27-29)17-8-12(10-28(17)20(31)32-4-2)18-15(22)6-5-7-16(18)23/h5-10,13,30H,3-4,11H2,1-2H3. The molecule has 0 radical (unpaired) electrons. The molecule has 0 bridgehead atoms. The van der Waals surface area contributed by atoms with Crippen LogP contribution in [0.5, 0.6) is 0 Å². The second kappa shape index (κ2) is 9.33. The molecule has 3 aromatic rings. The van der Waals surface area contributed by atoms with Gasteiger partial charge in [-0.1, -0.05) is 24.6 Å². The first-order valence-corrected chi connectivity index (χ1v) is 10.1. The molecule has 2 aromatic heterocycles. The van der Waals surface area contributed by atoms with E-state index in [-0.39, 0.29) is 34.9 Å². The molecule has 1 aromatic carbocycles. The summed E-state index contributed by atoms with van der Waals surface area (Å²) in [6, 6.07) is 5.17. The number of benzene rings is 1. The molecule has 11 heteroatoms. The Hall–Kier alpha value is -2.85. The van der Waals surface area contributed by atoms with Crippen LogP contribution in [0, 0.1) is 5.82 Å². The number of ether oxygens (including phenoxy) is 1. The minimum absolute atomic E-state index is 0.0235. The summed E-state index contributed by atoms with van der Waals surface area (Å²) in [7, 11) is 0. The average Bonchev–Trinajstić information content (AvgIpc) is 3.32. The van der Waals surface area contributed by atoms with Crippen LogP contribution in [-0.4, -0.2) is 38.3 Å². The first-order chi connectivity index (χ1) is 15.1. The van der Waals surface area contributed by atoms with Crippen LogP contribution < -0.4 is 0 Å². The van der Waals surface area contributed by atoms with Crippen molar-refractivity contribution in [2.24, 2.45) is 0 Å². The predicted molar refractivity (Wildman–Crippen MR) is 110 cm³/mol. The molecule has 172 valence electrons. The molecule has 0 aliphatic heterocycles. The maximum atomic E-state index is 14.4. The molecule has 32 heavy (non-hydrogen) atoms. The van der Waals surface area contributed by atoms with Crippen molar-refractivity contribution in [2.45, 2.75) is 39.1 Å². The van der Waals surface area contributed by atoms with E-state index in [2.05, 4.69) is 5.10 Å². The van der Waals surface area contributed by atoms with Gasteiger partial charge in [-0.05, 0) is 31.5 Å². The van der Waals surface area contributed by atoms with E-state index in [1.807, 2.05) is 0 Å². The molecule has 6 nitrogen and oxygen atoms in total. The zero-order chi connectivity index (χ0) is 23.6. The summed E-state index contributed by atoms with van der Waals surface area (Å²) in [5.74, 6) is -0.706. The SMILES string of the molecule is CCOC(=O)n1cc(-c2c(F)cccc2Cl)cc1-c1cnn(CC(O)CC)c1C(F)(F)F. The van der Waals surface area contributed by atoms with Gasteiger partial charge in [0.1, 0.15) is 5.82 Å². The van der Waals surface area contributed by atoms with Gasteiger partial charge in [-0.3, -0.25) is 9.25 Å². The molecule has 0 spiro atoms. The Morgan fingerprint density at radius 1 is 1.31 bits per heavy atom. The number of nitrogens with zero attached hydrogens (tertiary/aromatic N) is 3. The maximum Gasteiger partial charge on any atom is 0.433 e. The minimum Gasteiger partial charge on any atom is -0.449 e. The average molecular weight is 474 g/mol. The second-order valence-corrected chi connectivity index (χ2v) is 7.34. The number of hydrogen-bond acceptors (Lipinski definition) is 4.